The Morgan fingerprint density at radius 1 is 0.500 bits per heavy atom. The zero-order chi connectivity index (χ0) is 60.1. The number of pyridine rings is 2. The minimum atomic E-state index is -0.917. The van der Waals surface area contributed by atoms with Gasteiger partial charge in [0.25, 0.3) is 23.6 Å². The number of aromatic nitrogens is 2. The number of rotatable bonds is 19. The second kappa shape index (κ2) is 30.1. The molecule has 84 heavy (non-hydrogen) atoms. The van der Waals surface area contributed by atoms with Crippen molar-refractivity contribution in [3.8, 4) is 0 Å². The van der Waals surface area contributed by atoms with Crippen molar-refractivity contribution in [2.45, 2.75) is 77.5 Å². The number of carbonyl (C=O) groups is 9. The number of carbonyl (C=O) groups excluding carboxylic acids is 5. The summed E-state index contributed by atoms with van der Waals surface area (Å²) in [6, 6.07) is 31.0. The van der Waals surface area contributed by atoms with Crippen LogP contribution in [0.5, 0.6) is 0 Å². The maximum absolute atomic E-state index is 13.2. The third-order valence-corrected chi connectivity index (χ3v) is 13.9. The van der Waals surface area contributed by atoms with E-state index < -0.39 is 59.3 Å². The first-order valence-corrected chi connectivity index (χ1v) is 27.3. The molecule has 2 aromatic heterocycles. The van der Waals surface area contributed by atoms with Crippen LogP contribution in [0.25, 0.3) is 5.57 Å². The van der Waals surface area contributed by atoms with E-state index in [-0.39, 0.29) is 91.8 Å². The quantitative estimate of drug-likeness (QED) is 0.0508. The topological polar surface area (TPSA) is 338 Å². The molecule has 4 amide bonds. The lowest BCUT2D eigenvalue weighted by Gasteiger charge is -2.40. The molecule has 4 aliphatic heterocycles. The average Bonchev–Trinajstić information content (AvgIpc) is 1.08. The minimum Gasteiger partial charge on any atom is -0.874 e. The van der Waals surface area contributed by atoms with Gasteiger partial charge in [-0.2, -0.15) is 0 Å². The molecule has 6 heterocycles. The van der Waals surface area contributed by atoms with Crippen LogP contribution in [0.1, 0.15) is 121 Å². The van der Waals surface area contributed by atoms with E-state index in [2.05, 4.69) is 31.2 Å². The van der Waals surface area contributed by atoms with Crippen LogP contribution in [0, 0.1) is 11.8 Å². The highest BCUT2D eigenvalue weighted by Crippen LogP contribution is 2.41. The van der Waals surface area contributed by atoms with E-state index >= 15 is 0 Å². The van der Waals surface area contributed by atoms with Crippen molar-refractivity contribution in [1.29, 1.82) is 0 Å². The number of nitrogens with one attached hydrogen (secondary N) is 4. The molecule has 8 N–H and O–H groups in total. The van der Waals surface area contributed by atoms with Crippen LogP contribution in [-0.4, -0.2) is 120 Å². The SMILES string of the molecule is O=C(O)CCCN(CCCC(=O)O)c1ccc(C2=C([O-])C(C3C=CC(=[N+](CCCC(=O)O)CCCC(=O)O)C=C3)C2=O)cc1.O=C1NCc2ccc(cc2)CNC(=O)c2cccc(n2)C(=O)NCc2ccc(cc2)CNC(=O)c2cccc1n2. The van der Waals surface area contributed by atoms with Crippen molar-refractivity contribution < 1.29 is 73.3 Å². The Kier molecular flexibility index (Phi) is 22.0. The lowest BCUT2D eigenvalue weighted by atomic mass is 9.71. The number of aliphatic carboxylic acids is 4. The number of carboxylic acids is 4. The number of Topliss-reactive ketones (excluding diaryl/α,β-unsaturated/α-hetero) is 1. The number of amides is 4. The van der Waals surface area contributed by atoms with Crippen molar-refractivity contribution in [3.63, 3.8) is 0 Å². The van der Waals surface area contributed by atoms with Gasteiger partial charge in [0, 0.05) is 100 Å². The molecule has 0 radical (unpaired) electrons. The van der Waals surface area contributed by atoms with E-state index in [1.165, 1.54) is 0 Å². The lowest BCUT2D eigenvalue weighted by Crippen LogP contribution is -2.41. The van der Waals surface area contributed by atoms with Gasteiger partial charge >= 0.3 is 23.9 Å². The third kappa shape index (κ3) is 17.9. The molecule has 8 bridgehead atoms. The van der Waals surface area contributed by atoms with Crippen LogP contribution in [-0.2, 0) is 50.2 Å². The fourth-order valence-electron chi connectivity index (χ4n) is 9.36. The molecule has 0 spiro atoms. The largest absolute Gasteiger partial charge is 0.874 e. The van der Waals surface area contributed by atoms with Crippen LogP contribution in [0.2, 0.25) is 0 Å². The Labute approximate surface area is 483 Å². The van der Waals surface area contributed by atoms with Crippen molar-refractivity contribution in [1.82, 2.24) is 31.2 Å². The number of carboxylic acid groups (broad SMARTS) is 4. The van der Waals surface area contributed by atoms with Crippen LogP contribution < -0.4 is 31.3 Å². The number of nitrogens with zero attached hydrogens (tertiary/aromatic N) is 4. The monoisotopic (exact) mass is 1140 g/mol. The summed E-state index contributed by atoms with van der Waals surface area (Å²) in [6.07, 6.45) is 8.55. The van der Waals surface area contributed by atoms with Gasteiger partial charge in [-0.05, 0) is 77.1 Å². The molecule has 2 aliphatic carbocycles. The molecular formula is C62H64N8O14. The van der Waals surface area contributed by atoms with Gasteiger partial charge in [-0.3, -0.25) is 43.2 Å². The van der Waals surface area contributed by atoms with Crippen LogP contribution in [0.3, 0.4) is 0 Å². The molecular weight excluding hydrogens is 1080 g/mol. The van der Waals surface area contributed by atoms with E-state index in [9.17, 15) is 48.3 Å². The van der Waals surface area contributed by atoms with Gasteiger partial charge in [-0.1, -0.05) is 84.9 Å². The number of benzene rings is 3. The maximum Gasteiger partial charge on any atom is 0.303 e. The van der Waals surface area contributed by atoms with E-state index in [4.69, 9.17) is 20.4 Å². The summed E-state index contributed by atoms with van der Waals surface area (Å²) in [4.78, 5) is 118. The number of hydrogen-bond donors (Lipinski definition) is 8. The van der Waals surface area contributed by atoms with E-state index in [1.807, 2.05) is 58.0 Å². The first-order valence-electron chi connectivity index (χ1n) is 27.3. The molecule has 5 aromatic rings. The summed E-state index contributed by atoms with van der Waals surface area (Å²) in [6.45, 7) is 2.72. The maximum atomic E-state index is 13.2. The summed E-state index contributed by atoms with van der Waals surface area (Å²) in [5.41, 5.74) is 6.04. The first-order chi connectivity index (χ1) is 40.4. The number of ketones is 1. The van der Waals surface area contributed by atoms with Gasteiger partial charge in [0.05, 0.1) is 12.8 Å². The Balaban J connectivity index is 0.000000242. The van der Waals surface area contributed by atoms with Gasteiger partial charge in [-0.15, -0.1) is 5.76 Å². The summed E-state index contributed by atoms with van der Waals surface area (Å²) in [5, 5.41) is 60.3. The fraction of sp³-hybridized carbons (Fsp3) is 0.290. The first kappa shape index (κ1) is 61.5. The van der Waals surface area contributed by atoms with Crippen molar-refractivity contribution >= 4 is 70.3 Å². The van der Waals surface area contributed by atoms with Crippen molar-refractivity contribution in [2.24, 2.45) is 11.8 Å². The molecule has 436 valence electrons. The molecule has 0 saturated carbocycles. The van der Waals surface area contributed by atoms with E-state index in [0.717, 1.165) is 33.7 Å². The Morgan fingerprint density at radius 3 is 1.18 bits per heavy atom. The molecule has 11 rings (SSSR count). The summed E-state index contributed by atoms with van der Waals surface area (Å²) in [7, 11) is 0. The van der Waals surface area contributed by atoms with E-state index in [1.54, 1.807) is 85.0 Å². The normalized spacial score (nSPS) is 16.0. The molecule has 0 fully saturated rings. The van der Waals surface area contributed by atoms with Crippen LogP contribution in [0.4, 0.5) is 5.69 Å². The standard InChI is InChI=1S/C32H38N2O10.C30H26N6O4/c35-25(36)5-1-17-33(18-2-6-26(37)38)23-13-9-21(10-14-23)29-31(43)30(32(29)44)22-11-15-24(16-12-22)34(19-3-7-27(39)40)20-4-8-28(41)42;37-27-23-3-1-4-24(35-23)28(38)32-16-20-9-13-22(14-10-20)18-34-30(40)26-6-2-5-25(36-26)29(39)33-17-21-11-7-19(8-12-21)15-31-27/h9-16,21,29H,1-8,17-20H2,(H4-,35,36,37,38,39,40,41,42,43,44);1-14H,15-18H2,(H,31,37)(H,32,38)(H,33,39)(H,34,40). The van der Waals surface area contributed by atoms with Crippen molar-refractivity contribution in [2.75, 3.05) is 31.1 Å². The molecule has 6 aliphatic rings. The predicted octanol–water partition coefficient (Wildman–Crippen LogP) is 4.93. The molecule has 3 aromatic carbocycles. The zero-order valence-corrected chi connectivity index (χ0v) is 45.8. The minimum absolute atomic E-state index is 0.0170. The van der Waals surface area contributed by atoms with Gasteiger partial charge in [0.1, 0.15) is 35.9 Å². The van der Waals surface area contributed by atoms with Gasteiger partial charge in [0.15, 0.2) is 11.5 Å². The summed E-state index contributed by atoms with van der Waals surface area (Å²) < 4.78 is 1.91. The van der Waals surface area contributed by atoms with Gasteiger partial charge < -0.3 is 51.7 Å². The zero-order valence-electron chi connectivity index (χ0n) is 45.8. The lowest BCUT2D eigenvalue weighted by molar-refractivity contribution is -0.527. The molecule has 22 heteroatoms. The van der Waals surface area contributed by atoms with Gasteiger partial charge in [0.2, 0.25) is 0 Å². The van der Waals surface area contributed by atoms with Crippen molar-refractivity contribution in [3.05, 3.63) is 190 Å². The molecule has 0 saturated heterocycles. The molecule has 22 nitrogen and oxygen atoms in total. The highest BCUT2D eigenvalue weighted by atomic mass is 16.4. The Bertz CT molecular complexity index is 3110. The number of hydrogen-bond acceptors (Lipinski definition) is 13. The fourth-order valence-corrected chi connectivity index (χ4v) is 9.36. The Morgan fingerprint density at radius 2 is 0.845 bits per heavy atom. The van der Waals surface area contributed by atoms with Crippen LogP contribution >= 0.6 is 0 Å². The summed E-state index contributed by atoms with van der Waals surface area (Å²) >= 11 is 0. The third-order valence-electron chi connectivity index (χ3n) is 13.9. The average molecular weight is 1150 g/mol. The second-order valence-corrected chi connectivity index (χ2v) is 20.0. The summed E-state index contributed by atoms with van der Waals surface area (Å²) in [5.74, 6) is -7.10. The molecule has 1 atom stereocenters. The smallest absolute Gasteiger partial charge is 0.303 e. The van der Waals surface area contributed by atoms with E-state index in [0.29, 0.717) is 57.4 Å². The molecule has 1 unspecified atom stereocenters. The number of allylic oxidation sites excluding steroid dienone is 6. The Hall–Kier alpha value is -10.1. The second-order valence-electron chi connectivity index (χ2n) is 20.0. The van der Waals surface area contributed by atoms with Gasteiger partial charge in [-0.25, -0.2) is 14.5 Å². The highest BCUT2D eigenvalue weighted by molar-refractivity contribution is 6.29. The number of anilines is 1. The predicted molar refractivity (Wildman–Crippen MR) is 304 cm³/mol. The highest BCUT2D eigenvalue weighted by Gasteiger charge is 2.38. The van der Waals surface area contributed by atoms with Crippen LogP contribution in [0.15, 0.2) is 139 Å².